The molecule has 70 valence electrons. The first kappa shape index (κ1) is 8.37. The normalized spacial score (nSPS) is 18.8. The summed E-state index contributed by atoms with van der Waals surface area (Å²) in [6.45, 7) is 3.91. The SMILES string of the molecule is CC1(C)NC(=O)Nc2sc(N)cc21. The lowest BCUT2D eigenvalue weighted by Crippen LogP contribution is -2.47. The van der Waals surface area contributed by atoms with Gasteiger partial charge in [0, 0.05) is 5.56 Å². The Bertz CT molecular complexity index is 369. The third kappa shape index (κ3) is 1.25. The van der Waals surface area contributed by atoms with E-state index in [0.29, 0.717) is 0 Å². The molecule has 0 saturated carbocycles. The van der Waals surface area contributed by atoms with Crippen molar-refractivity contribution < 1.29 is 4.79 Å². The molecule has 4 N–H and O–H groups in total. The minimum absolute atomic E-state index is 0.167. The standard InChI is InChI=1S/C8H11N3OS/c1-8(2)4-3-5(9)13-6(4)10-7(12)11-8/h3H,9H2,1-2H3,(H2,10,11,12). The van der Waals surface area contributed by atoms with Crippen LogP contribution < -0.4 is 16.4 Å². The number of hydrogen-bond acceptors (Lipinski definition) is 3. The van der Waals surface area contributed by atoms with Gasteiger partial charge in [-0.25, -0.2) is 4.79 Å². The quantitative estimate of drug-likeness (QED) is 0.592. The van der Waals surface area contributed by atoms with Crippen LogP contribution in [-0.2, 0) is 5.54 Å². The molecule has 0 aliphatic carbocycles. The fourth-order valence-corrected chi connectivity index (χ4v) is 2.43. The molecule has 0 bridgehead atoms. The minimum Gasteiger partial charge on any atom is -0.391 e. The molecule has 0 unspecified atom stereocenters. The van der Waals surface area contributed by atoms with Crippen LogP contribution in [-0.4, -0.2) is 6.03 Å². The molecule has 1 aliphatic rings. The summed E-state index contributed by atoms with van der Waals surface area (Å²) in [5, 5.41) is 7.13. The summed E-state index contributed by atoms with van der Waals surface area (Å²) in [4.78, 5) is 11.2. The monoisotopic (exact) mass is 197 g/mol. The van der Waals surface area contributed by atoms with Crippen LogP contribution in [0, 0.1) is 0 Å². The number of fused-ring (bicyclic) bond motifs is 1. The van der Waals surface area contributed by atoms with Crippen molar-refractivity contribution in [3.63, 3.8) is 0 Å². The highest BCUT2D eigenvalue weighted by Gasteiger charge is 2.32. The van der Waals surface area contributed by atoms with Crippen molar-refractivity contribution in [3.05, 3.63) is 11.6 Å². The second-order valence-corrected chi connectivity index (χ2v) is 4.68. The molecule has 0 radical (unpaired) electrons. The number of nitrogens with two attached hydrogens (primary N) is 1. The van der Waals surface area contributed by atoms with Crippen LogP contribution in [0.4, 0.5) is 14.8 Å². The lowest BCUT2D eigenvalue weighted by atomic mass is 9.95. The highest BCUT2D eigenvalue weighted by atomic mass is 32.1. The molecule has 5 heteroatoms. The molecule has 2 amide bonds. The van der Waals surface area contributed by atoms with E-state index in [1.54, 1.807) is 0 Å². The zero-order valence-corrected chi connectivity index (χ0v) is 8.29. The van der Waals surface area contributed by atoms with Crippen molar-refractivity contribution in [1.82, 2.24) is 5.32 Å². The summed E-state index contributed by atoms with van der Waals surface area (Å²) < 4.78 is 0. The fraction of sp³-hybridized carbons (Fsp3) is 0.375. The van der Waals surface area contributed by atoms with Gasteiger partial charge in [-0.05, 0) is 19.9 Å². The van der Waals surface area contributed by atoms with Crippen molar-refractivity contribution in [2.24, 2.45) is 0 Å². The lowest BCUT2D eigenvalue weighted by molar-refractivity contribution is 0.240. The summed E-state index contributed by atoms with van der Waals surface area (Å²) in [6.07, 6.45) is 0. The first-order valence-corrected chi connectivity index (χ1v) is 4.79. The van der Waals surface area contributed by atoms with Gasteiger partial charge in [-0.2, -0.15) is 0 Å². The largest absolute Gasteiger partial charge is 0.391 e. The van der Waals surface area contributed by atoms with Gasteiger partial charge in [0.15, 0.2) is 0 Å². The van der Waals surface area contributed by atoms with Crippen molar-refractivity contribution in [1.29, 1.82) is 0 Å². The molecule has 1 aromatic rings. The van der Waals surface area contributed by atoms with Gasteiger partial charge >= 0.3 is 6.03 Å². The number of anilines is 2. The van der Waals surface area contributed by atoms with E-state index in [1.165, 1.54) is 11.3 Å². The van der Waals surface area contributed by atoms with Crippen LogP contribution in [0.3, 0.4) is 0 Å². The molecule has 0 fully saturated rings. The first-order valence-electron chi connectivity index (χ1n) is 3.98. The maximum atomic E-state index is 11.2. The maximum Gasteiger partial charge on any atom is 0.320 e. The van der Waals surface area contributed by atoms with E-state index in [4.69, 9.17) is 5.73 Å². The predicted octanol–water partition coefficient (Wildman–Crippen LogP) is 1.70. The lowest BCUT2D eigenvalue weighted by Gasteiger charge is -2.31. The second-order valence-electron chi connectivity index (χ2n) is 3.60. The Labute approximate surface area is 80.1 Å². The summed E-state index contributed by atoms with van der Waals surface area (Å²) in [6, 6.07) is 1.73. The number of rotatable bonds is 0. The van der Waals surface area contributed by atoms with Crippen molar-refractivity contribution in [2.45, 2.75) is 19.4 Å². The number of hydrogen-bond donors (Lipinski definition) is 3. The molecule has 0 aromatic carbocycles. The molecular weight excluding hydrogens is 186 g/mol. The Morgan fingerprint density at radius 3 is 2.92 bits per heavy atom. The number of urea groups is 1. The summed E-state index contributed by atoms with van der Waals surface area (Å²) in [5.41, 5.74) is 6.39. The van der Waals surface area contributed by atoms with Crippen LogP contribution in [0.25, 0.3) is 0 Å². The molecule has 1 aromatic heterocycles. The van der Waals surface area contributed by atoms with E-state index in [-0.39, 0.29) is 11.6 Å². The molecule has 1 aliphatic heterocycles. The average molecular weight is 197 g/mol. The van der Waals surface area contributed by atoms with Crippen LogP contribution >= 0.6 is 11.3 Å². The van der Waals surface area contributed by atoms with Crippen LogP contribution in [0.2, 0.25) is 0 Å². The molecule has 0 atom stereocenters. The fourth-order valence-electron chi connectivity index (χ4n) is 1.45. The smallest absolute Gasteiger partial charge is 0.320 e. The molecule has 4 nitrogen and oxygen atoms in total. The Balaban J connectivity index is 2.55. The highest BCUT2D eigenvalue weighted by molar-refractivity contribution is 7.20. The zero-order chi connectivity index (χ0) is 9.64. The van der Waals surface area contributed by atoms with Crippen LogP contribution in [0.5, 0.6) is 0 Å². The highest BCUT2D eigenvalue weighted by Crippen LogP contribution is 2.39. The van der Waals surface area contributed by atoms with Gasteiger partial charge in [0.2, 0.25) is 0 Å². The zero-order valence-electron chi connectivity index (χ0n) is 7.47. The predicted molar refractivity (Wildman–Crippen MR) is 53.9 cm³/mol. The maximum absolute atomic E-state index is 11.2. The first-order chi connectivity index (χ1) is 5.99. The number of carbonyl (C=O) groups is 1. The van der Waals surface area contributed by atoms with E-state index >= 15 is 0 Å². The average Bonchev–Trinajstić information content (AvgIpc) is 2.28. The van der Waals surface area contributed by atoms with E-state index in [2.05, 4.69) is 10.6 Å². The molecular formula is C8H11N3OS. The Morgan fingerprint density at radius 2 is 2.23 bits per heavy atom. The second kappa shape index (κ2) is 2.38. The van der Waals surface area contributed by atoms with E-state index in [0.717, 1.165) is 15.6 Å². The molecule has 0 saturated heterocycles. The van der Waals surface area contributed by atoms with Gasteiger partial charge in [0.05, 0.1) is 10.5 Å². The van der Waals surface area contributed by atoms with E-state index < -0.39 is 0 Å². The molecule has 0 spiro atoms. The molecule has 2 rings (SSSR count). The topological polar surface area (TPSA) is 67.2 Å². The van der Waals surface area contributed by atoms with Gasteiger partial charge in [-0.15, -0.1) is 11.3 Å². The Kier molecular flexibility index (Phi) is 1.53. The van der Waals surface area contributed by atoms with Crippen molar-refractivity contribution >= 4 is 27.4 Å². The van der Waals surface area contributed by atoms with Crippen molar-refractivity contribution in [2.75, 3.05) is 11.1 Å². The number of thiophene rings is 1. The van der Waals surface area contributed by atoms with Gasteiger partial charge < -0.3 is 11.1 Å². The number of amides is 2. The van der Waals surface area contributed by atoms with E-state index in [9.17, 15) is 4.79 Å². The van der Waals surface area contributed by atoms with Gasteiger partial charge in [0.25, 0.3) is 0 Å². The third-order valence-electron chi connectivity index (χ3n) is 2.08. The summed E-state index contributed by atoms with van der Waals surface area (Å²) in [5.74, 6) is 0. The third-order valence-corrected chi connectivity index (χ3v) is 2.96. The molecule has 13 heavy (non-hydrogen) atoms. The van der Waals surface area contributed by atoms with Crippen molar-refractivity contribution in [3.8, 4) is 0 Å². The summed E-state index contributed by atoms with van der Waals surface area (Å²) >= 11 is 1.40. The minimum atomic E-state index is -0.328. The van der Waals surface area contributed by atoms with Gasteiger partial charge in [-0.1, -0.05) is 0 Å². The number of carbonyl (C=O) groups excluding carboxylic acids is 1. The van der Waals surface area contributed by atoms with Gasteiger partial charge in [0.1, 0.15) is 5.00 Å². The number of nitrogens with one attached hydrogen (secondary N) is 2. The Morgan fingerprint density at radius 1 is 1.54 bits per heavy atom. The van der Waals surface area contributed by atoms with E-state index in [1.807, 2.05) is 19.9 Å². The van der Waals surface area contributed by atoms with Crippen LogP contribution in [0.1, 0.15) is 19.4 Å². The van der Waals surface area contributed by atoms with Crippen LogP contribution in [0.15, 0.2) is 6.07 Å². The number of nitrogen functional groups attached to an aromatic ring is 1. The Hall–Kier alpha value is -1.23. The summed E-state index contributed by atoms with van der Waals surface area (Å²) in [7, 11) is 0. The molecule has 2 heterocycles. The van der Waals surface area contributed by atoms with Gasteiger partial charge in [-0.3, -0.25) is 5.32 Å².